The number of amides is 1. The SMILES string of the molecule is CC(=O)c1ccc(C2CCNC(=O)C2)c(F)c1. The number of halogens is 1. The Morgan fingerprint density at radius 2 is 2.24 bits per heavy atom. The summed E-state index contributed by atoms with van der Waals surface area (Å²) in [5.74, 6) is -0.671. The molecule has 3 nitrogen and oxygen atoms in total. The first-order valence-electron chi connectivity index (χ1n) is 5.65. The molecule has 0 bridgehead atoms. The van der Waals surface area contributed by atoms with Gasteiger partial charge in [-0.2, -0.15) is 0 Å². The molecule has 1 heterocycles. The smallest absolute Gasteiger partial charge is 0.220 e. The Morgan fingerprint density at radius 3 is 2.82 bits per heavy atom. The van der Waals surface area contributed by atoms with Crippen LogP contribution in [-0.2, 0) is 4.79 Å². The molecule has 0 saturated carbocycles. The molecular weight excluding hydrogens is 221 g/mol. The predicted molar refractivity (Wildman–Crippen MR) is 61.4 cm³/mol. The van der Waals surface area contributed by atoms with Gasteiger partial charge in [-0.05, 0) is 30.9 Å². The van der Waals surface area contributed by atoms with E-state index in [1.165, 1.54) is 13.0 Å². The molecular formula is C13H14FNO2. The molecule has 1 aromatic rings. The summed E-state index contributed by atoms with van der Waals surface area (Å²) in [6.45, 7) is 1.99. The average molecular weight is 235 g/mol. The van der Waals surface area contributed by atoms with Crippen LogP contribution in [0.2, 0.25) is 0 Å². The molecule has 1 aromatic carbocycles. The first-order valence-corrected chi connectivity index (χ1v) is 5.65. The van der Waals surface area contributed by atoms with Crippen molar-refractivity contribution in [2.75, 3.05) is 6.54 Å². The molecule has 0 radical (unpaired) electrons. The van der Waals surface area contributed by atoms with Gasteiger partial charge >= 0.3 is 0 Å². The third-order valence-corrected chi connectivity index (χ3v) is 3.09. The lowest BCUT2D eigenvalue weighted by Crippen LogP contribution is -2.32. The molecule has 17 heavy (non-hydrogen) atoms. The van der Waals surface area contributed by atoms with Crippen molar-refractivity contribution in [1.82, 2.24) is 5.32 Å². The molecule has 1 saturated heterocycles. The first kappa shape index (κ1) is 11.8. The van der Waals surface area contributed by atoms with E-state index in [1.54, 1.807) is 12.1 Å². The van der Waals surface area contributed by atoms with Gasteiger partial charge in [0.2, 0.25) is 5.91 Å². The van der Waals surface area contributed by atoms with Crippen LogP contribution in [0.4, 0.5) is 4.39 Å². The first-order chi connectivity index (χ1) is 8.08. The zero-order chi connectivity index (χ0) is 12.4. The number of ketones is 1. The maximum absolute atomic E-state index is 13.8. The number of hydrogen-bond donors (Lipinski definition) is 1. The Balaban J connectivity index is 2.26. The highest BCUT2D eigenvalue weighted by molar-refractivity contribution is 5.94. The van der Waals surface area contributed by atoms with Gasteiger partial charge in [0.05, 0.1) is 0 Å². The van der Waals surface area contributed by atoms with Crippen molar-refractivity contribution in [3.8, 4) is 0 Å². The van der Waals surface area contributed by atoms with E-state index in [0.29, 0.717) is 24.1 Å². The van der Waals surface area contributed by atoms with Crippen LogP contribution in [-0.4, -0.2) is 18.2 Å². The van der Waals surface area contributed by atoms with Crippen LogP contribution in [0.3, 0.4) is 0 Å². The van der Waals surface area contributed by atoms with E-state index in [-0.39, 0.29) is 17.6 Å². The highest BCUT2D eigenvalue weighted by Crippen LogP contribution is 2.28. The van der Waals surface area contributed by atoms with Crippen molar-refractivity contribution >= 4 is 11.7 Å². The van der Waals surface area contributed by atoms with E-state index in [4.69, 9.17) is 0 Å². The van der Waals surface area contributed by atoms with E-state index >= 15 is 0 Å². The summed E-state index contributed by atoms with van der Waals surface area (Å²) in [4.78, 5) is 22.4. The Hall–Kier alpha value is -1.71. The summed E-state index contributed by atoms with van der Waals surface area (Å²) >= 11 is 0. The summed E-state index contributed by atoms with van der Waals surface area (Å²) in [6, 6.07) is 4.49. The number of carbonyl (C=O) groups excluding carboxylic acids is 2. The highest BCUT2D eigenvalue weighted by Gasteiger charge is 2.23. The third-order valence-electron chi connectivity index (χ3n) is 3.09. The van der Waals surface area contributed by atoms with Crippen molar-refractivity contribution < 1.29 is 14.0 Å². The fourth-order valence-corrected chi connectivity index (χ4v) is 2.13. The monoisotopic (exact) mass is 235 g/mol. The number of rotatable bonds is 2. The lowest BCUT2D eigenvalue weighted by atomic mass is 9.88. The summed E-state index contributed by atoms with van der Waals surface area (Å²) < 4.78 is 13.8. The molecule has 1 N–H and O–H groups in total. The van der Waals surface area contributed by atoms with Crippen LogP contribution in [0, 0.1) is 5.82 Å². The van der Waals surface area contributed by atoms with Crippen LogP contribution in [0.5, 0.6) is 0 Å². The minimum atomic E-state index is -0.391. The van der Waals surface area contributed by atoms with Crippen molar-refractivity contribution in [3.05, 3.63) is 35.1 Å². The van der Waals surface area contributed by atoms with Crippen LogP contribution in [0.15, 0.2) is 18.2 Å². The molecule has 1 aliphatic heterocycles. The molecule has 0 aliphatic carbocycles. The van der Waals surface area contributed by atoms with Gasteiger partial charge < -0.3 is 5.32 Å². The summed E-state index contributed by atoms with van der Waals surface area (Å²) in [7, 11) is 0. The average Bonchev–Trinajstić information content (AvgIpc) is 2.28. The number of piperidine rings is 1. The van der Waals surface area contributed by atoms with Crippen molar-refractivity contribution in [2.24, 2.45) is 0 Å². The van der Waals surface area contributed by atoms with E-state index < -0.39 is 5.82 Å². The Kier molecular flexibility index (Phi) is 3.22. The Labute approximate surface area is 99.0 Å². The topological polar surface area (TPSA) is 46.2 Å². The summed E-state index contributed by atoms with van der Waals surface area (Å²) in [5, 5.41) is 2.72. The van der Waals surface area contributed by atoms with Crippen LogP contribution < -0.4 is 5.32 Å². The minimum absolute atomic E-state index is 0.0451. The van der Waals surface area contributed by atoms with E-state index in [2.05, 4.69) is 5.32 Å². The second-order valence-corrected chi connectivity index (χ2v) is 4.33. The number of carbonyl (C=O) groups is 2. The van der Waals surface area contributed by atoms with E-state index in [0.717, 1.165) is 6.42 Å². The molecule has 1 aliphatic rings. The molecule has 0 aromatic heterocycles. The fraction of sp³-hybridized carbons (Fsp3) is 0.385. The number of nitrogens with one attached hydrogen (secondary N) is 1. The van der Waals surface area contributed by atoms with Crippen LogP contribution in [0.25, 0.3) is 0 Å². The van der Waals surface area contributed by atoms with Gasteiger partial charge in [-0.3, -0.25) is 9.59 Å². The molecule has 1 fully saturated rings. The van der Waals surface area contributed by atoms with Gasteiger partial charge in [-0.25, -0.2) is 4.39 Å². The fourth-order valence-electron chi connectivity index (χ4n) is 2.13. The van der Waals surface area contributed by atoms with Gasteiger partial charge in [0.25, 0.3) is 0 Å². The summed E-state index contributed by atoms with van der Waals surface area (Å²) in [6.07, 6.45) is 1.05. The van der Waals surface area contributed by atoms with Gasteiger partial charge in [-0.1, -0.05) is 12.1 Å². The summed E-state index contributed by atoms with van der Waals surface area (Å²) in [5.41, 5.74) is 0.899. The highest BCUT2D eigenvalue weighted by atomic mass is 19.1. The maximum Gasteiger partial charge on any atom is 0.220 e. The van der Waals surface area contributed by atoms with E-state index in [1.807, 2.05) is 0 Å². The van der Waals surface area contributed by atoms with Crippen LogP contribution >= 0.6 is 0 Å². The molecule has 0 spiro atoms. The van der Waals surface area contributed by atoms with Gasteiger partial charge in [0.15, 0.2) is 5.78 Å². The normalized spacial score (nSPS) is 19.9. The lowest BCUT2D eigenvalue weighted by Gasteiger charge is -2.22. The molecule has 1 amide bonds. The van der Waals surface area contributed by atoms with Gasteiger partial charge in [-0.15, -0.1) is 0 Å². The molecule has 4 heteroatoms. The number of benzene rings is 1. The number of Topliss-reactive ketones (excluding diaryl/α,β-unsaturated/α-hetero) is 1. The second-order valence-electron chi connectivity index (χ2n) is 4.33. The minimum Gasteiger partial charge on any atom is -0.356 e. The van der Waals surface area contributed by atoms with Gasteiger partial charge in [0, 0.05) is 18.5 Å². The largest absolute Gasteiger partial charge is 0.356 e. The van der Waals surface area contributed by atoms with Crippen molar-refractivity contribution in [3.63, 3.8) is 0 Å². The standard InChI is InChI=1S/C13H14FNO2/c1-8(16)9-2-3-11(12(14)6-9)10-4-5-15-13(17)7-10/h2-3,6,10H,4-5,7H2,1H3,(H,15,17). The molecule has 1 unspecified atom stereocenters. The predicted octanol–water partition coefficient (Wildman–Crippen LogP) is 2.02. The maximum atomic E-state index is 13.8. The Bertz CT molecular complexity index is 470. The number of hydrogen-bond acceptors (Lipinski definition) is 2. The van der Waals surface area contributed by atoms with Crippen LogP contribution in [0.1, 0.15) is 41.6 Å². The lowest BCUT2D eigenvalue weighted by molar-refractivity contribution is -0.122. The Morgan fingerprint density at radius 1 is 1.47 bits per heavy atom. The third kappa shape index (κ3) is 2.52. The second kappa shape index (κ2) is 4.65. The van der Waals surface area contributed by atoms with Gasteiger partial charge in [0.1, 0.15) is 5.82 Å². The zero-order valence-electron chi connectivity index (χ0n) is 9.63. The zero-order valence-corrected chi connectivity index (χ0v) is 9.63. The molecule has 2 rings (SSSR count). The quantitative estimate of drug-likeness (QED) is 0.797. The molecule has 1 atom stereocenters. The molecule has 90 valence electrons. The van der Waals surface area contributed by atoms with Crippen molar-refractivity contribution in [1.29, 1.82) is 0 Å². The van der Waals surface area contributed by atoms with Crippen molar-refractivity contribution in [2.45, 2.75) is 25.7 Å². The van der Waals surface area contributed by atoms with E-state index in [9.17, 15) is 14.0 Å².